The molecule has 4 atom stereocenters. The summed E-state index contributed by atoms with van der Waals surface area (Å²) in [6.07, 6.45) is 5.78. The Balaban J connectivity index is 1.79. The van der Waals surface area contributed by atoms with E-state index in [1.165, 1.54) is 37.8 Å². The predicted octanol–water partition coefficient (Wildman–Crippen LogP) is 3.23. The second-order valence-electron chi connectivity index (χ2n) is 6.38. The molecule has 4 bridgehead atoms. The lowest BCUT2D eigenvalue weighted by molar-refractivity contribution is 0.252. The first kappa shape index (κ1) is 10.1. The highest BCUT2D eigenvalue weighted by atomic mass is 15.1. The summed E-state index contributed by atoms with van der Waals surface area (Å²) in [6, 6.07) is 9.29. The van der Waals surface area contributed by atoms with Crippen LogP contribution in [0.25, 0.3) is 0 Å². The number of nitrogens with one attached hydrogen (secondary N) is 1. The van der Waals surface area contributed by atoms with Crippen LogP contribution in [0.2, 0.25) is 0 Å². The Morgan fingerprint density at radius 3 is 2.76 bits per heavy atom. The minimum absolute atomic E-state index is 0.347. The van der Waals surface area contributed by atoms with Gasteiger partial charge in [0.05, 0.1) is 0 Å². The Kier molecular flexibility index (Phi) is 2.00. The van der Waals surface area contributed by atoms with Gasteiger partial charge in [-0.05, 0) is 49.6 Å². The van der Waals surface area contributed by atoms with Crippen LogP contribution >= 0.6 is 0 Å². The Morgan fingerprint density at radius 2 is 2.00 bits per heavy atom. The van der Waals surface area contributed by atoms with E-state index in [9.17, 15) is 0 Å². The Morgan fingerprint density at radius 1 is 1.18 bits per heavy atom. The van der Waals surface area contributed by atoms with Gasteiger partial charge in [0.15, 0.2) is 0 Å². The van der Waals surface area contributed by atoms with Crippen molar-refractivity contribution in [2.75, 3.05) is 6.54 Å². The van der Waals surface area contributed by atoms with Gasteiger partial charge in [-0.3, -0.25) is 0 Å². The fourth-order valence-corrected chi connectivity index (χ4v) is 4.88. The van der Waals surface area contributed by atoms with Crippen LogP contribution in [0.5, 0.6) is 0 Å². The molecule has 1 nitrogen and oxygen atoms in total. The van der Waals surface area contributed by atoms with E-state index in [2.05, 4.69) is 36.5 Å². The molecule has 0 radical (unpaired) electrons. The largest absolute Gasteiger partial charge is 0.307 e. The van der Waals surface area contributed by atoms with E-state index in [1.54, 1.807) is 5.56 Å². The third kappa shape index (κ3) is 1.24. The van der Waals surface area contributed by atoms with Gasteiger partial charge in [0.25, 0.3) is 0 Å². The lowest BCUT2D eigenvalue weighted by atomic mass is 9.76. The second kappa shape index (κ2) is 3.35. The highest BCUT2D eigenvalue weighted by Crippen LogP contribution is 2.60. The normalized spacial score (nSPS) is 43.0. The molecule has 2 saturated carbocycles. The Labute approximate surface area is 104 Å². The third-order valence-corrected chi connectivity index (χ3v) is 5.65. The van der Waals surface area contributed by atoms with Gasteiger partial charge < -0.3 is 5.32 Å². The number of piperidine rings is 1. The quantitative estimate of drug-likeness (QED) is 0.776. The van der Waals surface area contributed by atoms with E-state index >= 15 is 0 Å². The Bertz CT molecular complexity index is 435. The van der Waals surface area contributed by atoms with Crippen LogP contribution in [0.3, 0.4) is 0 Å². The zero-order valence-corrected chi connectivity index (χ0v) is 10.6. The molecule has 2 aliphatic carbocycles. The van der Waals surface area contributed by atoms with Gasteiger partial charge in [-0.2, -0.15) is 0 Å². The average Bonchev–Trinajstić information content (AvgIpc) is 2.80. The molecule has 3 aliphatic rings. The first-order valence-electron chi connectivity index (χ1n) is 7.12. The molecule has 0 spiro atoms. The molecule has 1 N–H and O–H groups in total. The zero-order chi connectivity index (χ0) is 11.5. The fraction of sp³-hybridized carbons (Fsp3) is 0.625. The standard InChI is InChI=1S/C16H21N/c1-11-5-7-13(8-6-11)16-9-12-3-2-4-15(16)14(12)10-17-16/h5-8,12,14-15,17H,2-4,9-10H2,1H3. The van der Waals surface area contributed by atoms with E-state index in [0.717, 1.165) is 17.8 Å². The van der Waals surface area contributed by atoms with Crippen LogP contribution < -0.4 is 5.32 Å². The number of hydrogen-bond acceptors (Lipinski definition) is 1. The molecular formula is C16H21N. The van der Waals surface area contributed by atoms with Crippen molar-refractivity contribution < 1.29 is 0 Å². The van der Waals surface area contributed by atoms with Crippen molar-refractivity contribution in [3.8, 4) is 0 Å². The fourth-order valence-electron chi connectivity index (χ4n) is 4.88. The molecule has 4 rings (SSSR count). The van der Waals surface area contributed by atoms with Crippen molar-refractivity contribution in [2.24, 2.45) is 17.8 Å². The average molecular weight is 227 g/mol. The number of rotatable bonds is 1. The van der Waals surface area contributed by atoms with Crippen LogP contribution in [0.15, 0.2) is 24.3 Å². The van der Waals surface area contributed by atoms with Gasteiger partial charge in [0.1, 0.15) is 0 Å². The molecule has 1 aliphatic heterocycles. The van der Waals surface area contributed by atoms with E-state index in [4.69, 9.17) is 0 Å². The molecule has 4 unspecified atom stereocenters. The van der Waals surface area contributed by atoms with Crippen LogP contribution in [0.4, 0.5) is 0 Å². The van der Waals surface area contributed by atoms with Crippen LogP contribution in [0, 0.1) is 24.7 Å². The summed E-state index contributed by atoms with van der Waals surface area (Å²) < 4.78 is 0. The maximum Gasteiger partial charge on any atom is 0.0469 e. The summed E-state index contributed by atoms with van der Waals surface area (Å²) in [7, 11) is 0. The number of hydrogen-bond donors (Lipinski definition) is 1. The first-order valence-corrected chi connectivity index (χ1v) is 7.12. The van der Waals surface area contributed by atoms with Crippen molar-refractivity contribution in [1.82, 2.24) is 5.32 Å². The van der Waals surface area contributed by atoms with Gasteiger partial charge in [0.2, 0.25) is 0 Å². The molecule has 1 heterocycles. The van der Waals surface area contributed by atoms with Gasteiger partial charge >= 0.3 is 0 Å². The molecule has 0 amide bonds. The molecule has 0 aromatic heterocycles. The van der Waals surface area contributed by atoms with E-state index in [0.29, 0.717) is 5.54 Å². The summed E-state index contributed by atoms with van der Waals surface area (Å²) in [6.45, 7) is 3.45. The summed E-state index contributed by atoms with van der Waals surface area (Å²) in [4.78, 5) is 0. The Hall–Kier alpha value is -0.820. The van der Waals surface area contributed by atoms with Crippen molar-refractivity contribution in [2.45, 2.75) is 38.1 Å². The summed E-state index contributed by atoms with van der Waals surface area (Å²) in [5.41, 5.74) is 3.28. The summed E-state index contributed by atoms with van der Waals surface area (Å²) in [5, 5.41) is 3.88. The maximum atomic E-state index is 3.88. The molecule has 1 aromatic rings. The summed E-state index contributed by atoms with van der Waals surface area (Å²) >= 11 is 0. The van der Waals surface area contributed by atoms with Gasteiger partial charge in [-0.1, -0.05) is 42.7 Å². The van der Waals surface area contributed by atoms with Crippen molar-refractivity contribution in [1.29, 1.82) is 0 Å². The summed E-state index contributed by atoms with van der Waals surface area (Å²) in [5.74, 6) is 2.91. The molecule has 90 valence electrons. The predicted molar refractivity (Wildman–Crippen MR) is 69.8 cm³/mol. The molecule has 3 fully saturated rings. The van der Waals surface area contributed by atoms with Crippen LogP contribution in [-0.4, -0.2) is 6.54 Å². The van der Waals surface area contributed by atoms with Crippen LogP contribution in [0.1, 0.15) is 36.8 Å². The lowest BCUT2D eigenvalue weighted by Gasteiger charge is -2.33. The van der Waals surface area contributed by atoms with Crippen molar-refractivity contribution in [3.05, 3.63) is 35.4 Å². The van der Waals surface area contributed by atoms with Gasteiger partial charge in [0, 0.05) is 5.54 Å². The minimum Gasteiger partial charge on any atom is -0.307 e. The molecule has 1 heteroatoms. The van der Waals surface area contributed by atoms with Gasteiger partial charge in [-0.15, -0.1) is 0 Å². The molecule has 1 aromatic carbocycles. The molecule has 17 heavy (non-hydrogen) atoms. The lowest BCUT2D eigenvalue weighted by Crippen LogP contribution is -2.41. The number of benzene rings is 1. The topological polar surface area (TPSA) is 12.0 Å². The minimum atomic E-state index is 0.347. The van der Waals surface area contributed by atoms with E-state index in [1.807, 2.05) is 0 Å². The SMILES string of the molecule is Cc1ccc(C23CC4CCCC2C4CN3)cc1. The first-order chi connectivity index (χ1) is 8.29. The van der Waals surface area contributed by atoms with E-state index < -0.39 is 0 Å². The van der Waals surface area contributed by atoms with Gasteiger partial charge in [-0.25, -0.2) is 0 Å². The second-order valence-corrected chi connectivity index (χ2v) is 6.38. The third-order valence-electron chi connectivity index (χ3n) is 5.65. The van der Waals surface area contributed by atoms with E-state index in [-0.39, 0.29) is 0 Å². The maximum absolute atomic E-state index is 3.88. The number of aryl methyl sites for hydroxylation is 1. The highest BCUT2D eigenvalue weighted by molar-refractivity contribution is 5.33. The van der Waals surface area contributed by atoms with Crippen LogP contribution in [-0.2, 0) is 5.54 Å². The zero-order valence-electron chi connectivity index (χ0n) is 10.6. The molecule has 1 saturated heterocycles. The highest BCUT2D eigenvalue weighted by Gasteiger charge is 2.59. The molecular weight excluding hydrogens is 206 g/mol. The van der Waals surface area contributed by atoms with Crippen molar-refractivity contribution >= 4 is 0 Å². The smallest absolute Gasteiger partial charge is 0.0469 e. The monoisotopic (exact) mass is 227 g/mol. The van der Waals surface area contributed by atoms with Crippen molar-refractivity contribution in [3.63, 3.8) is 0 Å².